The largest absolute Gasteiger partial charge is 0.273 e. The van der Waals surface area contributed by atoms with E-state index in [-0.39, 0.29) is 5.91 Å². The van der Waals surface area contributed by atoms with Crippen LogP contribution in [0.1, 0.15) is 17.2 Å². The fourth-order valence-corrected chi connectivity index (χ4v) is 4.40. The van der Waals surface area contributed by atoms with Crippen molar-refractivity contribution in [3.8, 4) is 6.07 Å². The number of hydrogen-bond donors (Lipinski definition) is 0. The monoisotopic (exact) mass is 429 g/mol. The summed E-state index contributed by atoms with van der Waals surface area (Å²) >= 11 is 6.27. The molecule has 5 rings (SSSR count). The fraction of sp³-hybridized carbons (Fsp3) is 0.125. The summed E-state index contributed by atoms with van der Waals surface area (Å²) < 4.78 is 0. The Morgan fingerprint density at radius 1 is 0.871 bits per heavy atom. The molecule has 0 unspecified atom stereocenters. The second-order valence-electron chi connectivity index (χ2n) is 7.36. The van der Waals surface area contributed by atoms with Crippen molar-refractivity contribution in [2.24, 2.45) is 5.92 Å². The smallest absolute Gasteiger partial charge is 0.266 e. The summed E-state index contributed by atoms with van der Waals surface area (Å²) in [5.41, 5.74) is 2.37. The maximum atomic E-state index is 13.5. The number of hydroxylamine groups is 1. The van der Waals surface area contributed by atoms with Crippen LogP contribution in [0.5, 0.6) is 0 Å². The molecule has 2 saturated heterocycles. The maximum absolute atomic E-state index is 13.5. The van der Waals surface area contributed by atoms with Gasteiger partial charge in [-0.1, -0.05) is 54.1 Å². The van der Waals surface area contributed by atoms with Crippen LogP contribution in [-0.4, -0.2) is 17.9 Å². The molecule has 2 aliphatic rings. The SMILES string of the molecule is N#Cc1ccc([C@@H]2[C@@H]3C(=O)N(c4ccccc4Cl)C(=O)[C@H]3ON2c2ccccc2)cc1. The molecule has 3 atom stereocenters. The van der Waals surface area contributed by atoms with Crippen LogP contribution in [0.25, 0.3) is 0 Å². The van der Waals surface area contributed by atoms with Crippen molar-refractivity contribution in [1.29, 1.82) is 5.26 Å². The minimum atomic E-state index is -0.968. The second-order valence-corrected chi connectivity index (χ2v) is 7.76. The van der Waals surface area contributed by atoms with Gasteiger partial charge < -0.3 is 0 Å². The topological polar surface area (TPSA) is 73.6 Å². The van der Waals surface area contributed by atoms with Crippen molar-refractivity contribution in [1.82, 2.24) is 0 Å². The number of benzene rings is 3. The van der Waals surface area contributed by atoms with E-state index in [0.717, 1.165) is 16.2 Å². The van der Waals surface area contributed by atoms with E-state index in [4.69, 9.17) is 21.7 Å². The molecular weight excluding hydrogens is 414 g/mol. The van der Waals surface area contributed by atoms with Crippen LogP contribution >= 0.6 is 11.6 Å². The minimum absolute atomic E-state index is 0.319. The Hall–Kier alpha value is -3.66. The van der Waals surface area contributed by atoms with Gasteiger partial charge in [0.2, 0.25) is 5.91 Å². The first-order valence-electron chi connectivity index (χ1n) is 9.73. The first-order valence-corrected chi connectivity index (χ1v) is 10.1. The third-order valence-corrected chi connectivity index (χ3v) is 5.92. The maximum Gasteiger partial charge on any atom is 0.266 e. The highest BCUT2D eigenvalue weighted by Gasteiger charge is 2.60. The molecule has 2 amide bonds. The van der Waals surface area contributed by atoms with Gasteiger partial charge in [-0.3, -0.25) is 14.4 Å². The van der Waals surface area contributed by atoms with E-state index in [0.29, 0.717) is 16.3 Å². The molecule has 0 aliphatic carbocycles. The molecule has 3 aromatic rings. The van der Waals surface area contributed by atoms with Gasteiger partial charge in [0.25, 0.3) is 5.91 Å². The Balaban J connectivity index is 1.60. The van der Waals surface area contributed by atoms with Crippen LogP contribution in [-0.2, 0) is 14.4 Å². The van der Waals surface area contributed by atoms with Gasteiger partial charge in [-0.15, -0.1) is 0 Å². The number of nitrogens with zero attached hydrogens (tertiary/aromatic N) is 3. The summed E-state index contributed by atoms with van der Waals surface area (Å²) in [6.07, 6.45) is -0.968. The molecule has 2 heterocycles. The van der Waals surface area contributed by atoms with E-state index < -0.39 is 24.0 Å². The predicted molar refractivity (Wildman–Crippen MR) is 115 cm³/mol. The first-order chi connectivity index (χ1) is 15.1. The quantitative estimate of drug-likeness (QED) is 0.581. The first kappa shape index (κ1) is 19.3. The Morgan fingerprint density at radius 3 is 2.23 bits per heavy atom. The predicted octanol–water partition coefficient (Wildman–Crippen LogP) is 4.26. The van der Waals surface area contributed by atoms with Crippen LogP contribution in [0.15, 0.2) is 78.9 Å². The Bertz CT molecular complexity index is 1210. The molecule has 7 heteroatoms. The molecule has 6 nitrogen and oxygen atoms in total. The summed E-state index contributed by atoms with van der Waals surface area (Å²) in [6.45, 7) is 0. The van der Waals surface area contributed by atoms with E-state index >= 15 is 0 Å². The van der Waals surface area contributed by atoms with Crippen molar-refractivity contribution in [3.63, 3.8) is 0 Å². The summed E-state index contributed by atoms with van der Waals surface area (Å²) in [5.74, 6) is -1.56. The van der Waals surface area contributed by atoms with Crippen LogP contribution in [0.3, 0.4) is 0 Å². The Morgan fingerprint density at radius 2 is 1.55 bits per heavy atom. The van der Waals surface area contributed by atoms with E-state index in [1.54, 1.807) is 53.6 Å². The second kappa shape index (κ2) is 7.55. The molecule has 0 aromatic heterocycles. The molecule has 0 bridgehead atoms. The molecule has 0 spiro atoms. The highest BCUT2D eigenvalue weighted by atomic mass is 35.5. The van der Waals surface area contributed by atoms with Crippen LogP contribution in [0.4, 0.5) is 11.4 Å². The van der Waals surface area contributed by atoms with Crippen molar-refractivity contribution >= 4 is 34.8 Å². The van der Waals surface area contributed by atoms with E-state index in [9.17, 15) is 9.59 Å². The summed E-state index contributed by atoms with van der Waals surface area (Å²) in [5, 5.41) is 11.1. The number of carbonyl (C=O) groups excluding carboxylic acids is 2. The van der Waals surface area contributed by atoms with Crippen molar-refractivity contribution in [2.75, 3.05) is 9.96 Å². The van der Waals surface area contributed by atoms with Crippen molar-refractivity contribution < 1.29 is 14.4 Å². The van der Waals surface area contributed by atoms with E-state index in [1.807, 2.05) is 30.3 Å². The molecule has 0 radical (unpaired) electrons. The molecule has 2 fully saturated rings. The molecular formula is C24H16ClN3O3. The molecule has 152 valence electrons. The van der Waals surface area contributed by atoms with Gasteiger partial charge in [0.1, 0.15) is 5.92 Å². The number of rotatable bonds is 3. The Kier molecular flexibility index (Phi) is 4.70. The molecule has 2 aliphatic heterocycles. The number of fused-ring (bicyclic) bond motifs is 1. The average Bonchev–Trinajstić information content (AvgIpc) is 3.31. The lowest BCUT2D eigenvalue weighted by Gasteiger charge is -2.29. The summed E-state index contributed by atoms with van der Waals surface area (Å²) in [7, 11) is 0. The molecule has 3 aromatic carbocycles. The van der Waals surface area contributed by atoms with Gasteiger partial charge in [-0.05, 0) is 42.0 Å². The van der Waals surface area contributed by atoms with Crippen LogP contribution < -0.4 is 9.96 Å². The minimum Gasteiger partial charge on any atom is -0.273 e. The van der Waals surface area contributed by atoms with Gasteiger partial charge in [0.15, 0.2) is 6.10 Å². The van der Waals surface area contributed by atoms with E-state index in [1.165, 1.54) is 0 Å². The summed E-state index contributed by atoms with van der Waals surface area (Å²) in [4.78, 5) is 34.0. The van der Waals surface area contributed by atoms with Crippen LogP contribution in [0, 0.1) is 17.2 Å². The number of hydrogen-bond acceptors (Lipinski definition) is 5. The summed E-state index contributed by atoms with van der Waals surface area (Å²) in [6, 6.07) is 24.6. The van der Waals surface area contributed by atoms with Gasteiger partial charge >= 0.3 is 0 Å². The van der Waals surface area contributed by atoms with Gasteiger partial charge in [0.05, 0.1) is 34.1 Å². The fourth-order valence-electron chi connectivity index (χ4n) is 4.18. The number of amides is 2. The average molecular weight is 430 g/mol. The number of carbonyl (C=O) groups is 2. The third kappa shape index (κ3) is 3.07. The normalized spacial score (nSPS) is 22.5. The highest BCUT2D eigenvalue weighted by Crippen LogP contribution is 2.48. The Labute approximate surface area is 183 Å². The van der Waals surface area contributed by atoms with Gasteiger partial charge in [-0.2, -0.15) is 5.26 Å². The van der Waals surface area contributed by atoms with Gasteiger partial charge in [0, 0.05) is 0 Å². The number of nitriles is 1. The lowest BCUT2D eigenvalue weighted by Crippen LogP contribution is -2.37. The highest BCUT2D eigenvalue weighted by molar-refractivity contribution is 6.36. The number of halogens is 1. The standard InChI is InChI=1S/C24H16ClN3O3/c25-18-8-4-5-9-19(18)27-23(29)20-21(16-12-10-15(14-26)11-13-16)28(31-22(20)24(27)30)17-6-2-1-3-7-17/h1-13,20-22H/t20-,21+,22-/m0/s1. The van der Waals surface area contributed by atoms with Gasteiger partial charge in [-0.25, -0.2) is 9.96 Å². The number of para-hydroxylation sites is 2. The lowest BCUT2D eigenvalue weighted by atomic mass is 9.90. The lowest BCUT2D eigenvalue weighted by molar-refractivity contribution is -0.126. The molecule has 0 N–H and O–H groups in total. The zero-order valence-corrected chi connectivity index (χ0v) is 16.9. The van der Waals surface area contributed by atoms with Crippen molar-refractivity contribution in [2.45, 2.75) is 12.1 Å². The zero-order valence-electron chi connectivity index (χ0n) is 16.2. The van der Waals surface area contributed by atoms with Crippen LogP contribution in [0.2, 0.25) is 5.02 Å². The number of anilines is 2. The molecule has 0 saturated carbocycles. The van der Waals surface area contributed by atoms with E-state index in [2.05, 4.69) is 6.07 Å². The molecule has 31 heavy (non-hydrogen) atoms. The van der Waals surface area contributed by atoms with Crippen molar-refractivity contribution in [3.05, 3.63) is 95.0 Å². The third-order valence-electron chi connectivity index (χ3n) is 5.60. The number of imide groups is 1. The zero-order chi connectivity index (χ0) is 21.5.